The lowest BCUT2D eigenvalue weighted by atomic mass is 9.91. The Morgan fingerprint density at radius 3 is 2.68 bits per heavy atom. The normalized spacial score (nSPS) is 19.8. The fourth-order valence-corrected chi connectivity index (χ4v) is 4.28. The molecular formula is C22H25ClN4O. The van der Waals surface area contributed by atoms with Gasteiger partial charge in [-0.2, -0.15) is 0 Å². The zero-order chi connectivity index (χ0) is 19.7. The summed E-state index contributed by atoms with van der Waals surface area (Å²) in [6, 6.07) is 11.4. The Bertz CT molecular complexity index is 989. The van der Waals surface area contributed by atoms with Crippen LogP contribution in [-0.4, -0.2) is 33.3 Å². The predicted octanol–water partition coefficient (Wildman–Crippen LogP) is 4.72. The number of carbonyl (C=O) groups is 1. The maximum Gasteiger partial charge on any atom is 0.255 e. The SMILES string of the molecule is CC1CC(C)CN(C(=O)c2ccccc2NCc2cn3cc(Cl)ccc3n2)C1. The summed E-state index contributed by atoms with van der Waals surface area (Å²) in [6.45, 7) is 6.62. The third-order valence-corrected chi connectivity index (χ3v) is 5.46. The van der Waals surface area contributed by atoms with Crippen LogP contribution < -0.4 is 5.32 Å². The van der Waals surface area contributed by atoms with E-state index in [9.17, 15) is 4.79 Å². The number of benzene rings is 1. The highest BCUT2D eigenvalue weighted by Crippen LogP contribution is 2.25. The van der Waals surface area contributed by atoms with Crippen LogP contribution in [0.2, 0.25) is 5.02 Å². The molecule has 3 heterocycles. The number of hydrogen-bond donors (Lipinski definition) is 1. The van der Waals surface area contributed by atoms with Crippen LogP contribution in [0.4, 0.5) is 5.69 Å². The molecule has 2 unspecified atom stereocenters. The number of para-hydroxylation sites is 1. The number of amides is 1. The van der Waals surface area contributed by atoms with Crippen LogP contribution >= 0.6 is 11.6 Å². The Morgan fingerprint density at radius 2 is 1.89 bits per heavy atom. The van der Waals surface area contributed by atoms with Crippen LogP contribution in [0.15, 0.2) is 48.8 Å². The number of pyridine rings is 1. The van der Waals surface area contributed by atoms with Crippen molar-refractivity contribution in [3.63, 3.8) is 0 Å². The summed E-state index contributed by atoms with van der Waals surface area (Å²) in [4.78, 5) is 19.7. The molecule has 1 N–H and O–H groups in total. The van der Waals surface area contributed by atoms with E-state index < -0.39 is 0 Å². The van der Waals surface area contributed by atoms with Gasteiger partial charge in [0.2, 0.25) is 0 Å². The van der Waals surface area contributed by atoms with Crippen molar-refractivity contribution in [3.8, 4) is 0 Å². The molecule has 0 spiro atoms. The Morgan fingerprint density at radius 1 is 1.14 bits per heavy atom. The second kappa shape index (κ2) is 7.84. The molecule has 6 heteroatoms. The monoisotopic (exact) mass is 396 g/mol. The highest BCUT2D eigenvalue weighted by Gasteiger charge is 2.27. The van der Waals surface area contributed by atoms with Gasteiger partial charge in [0, 0.05) is 31.2 Å². The van der Waals surface area contributed by atoms with Crippen LogP contribution in [-0.2, 0) is 6.54 Å². The number of imidazole rings is 1. The molecule has 1 aromatic carbocycles. The van der Waals surface area contributed by atoms with E-state index in [-0.39, 0.29) is 5.91 Å². The predicted molar refractivity (Wildman–Crippen MR) is 113 cm³/mol. The molecule has 28 heavy (non-hydrogen) atoms. The minimum absolute atomic E-state index is 0.100. The molecule has 1 amide bonds. The highest BCUT2D eigenvalue weighted by molar-refractivity contribution is 6.30. The van der Waals surface area contributed by atoms with E-state index in [1.54, 1.807) is 0 Å². The molecule has 2 atom stereocenters. The van der Waals surface area contributed by atoms with Crippen molar-refractivity contribution in [2.24, 2.45) is 11.8 Å². The van der Waals surface area contributed by atoms with E-state index in [0.29, 0.717) is 23.4 Å². The smallest absolute Gasteiger partial charge is 0.255 e. The lowest BCUT2D eigenvalue weighted by molar-refractivity contribution is 0.0624. The van der Waals surface area contributed by atoms with Crippen LogP contribution in [0.25, 0.3) is 5.65 Å². The standard InChI is InChI=1S/C22H25ClN4O/c1-15-9-16(2)12-27(11-15)22(28)19-5-3-4-6-20(19)24-10-18-14-26-13-17(23)7-8-21(26)25-18/h3-8,13-16,24H,9-12H2,1-2H3. The molecular weight excluding hydrogens is 372 g/mol. The summed E-state index contributed by atoms with van der Waals surface area (Å²) in [5.41, 5.74) is 3.30. The van der Waals surface area contributed by atoms with Gasteiger partial charge in [-0.05, 0) is 42.5 Å². The van der Waals surface area contributed by atoms with Crippen molar-refractivity contribution in [2.75, 3.05) is 18.4 Å². The van der Waals surface area contributed by atoms with Gasteiger partial charge in [-0.3, -0.25) is 4.79 Å². The quantitative estimate of drug-likeness (QED) is 0.694. The first-order valence-electron chi connectivity index (χ1n) is 9.75. The van der Waals surface area contributed by atoms with Gasteiger partial charge in [0.15, 0.2) is 0 Å². The second-order valence-corrected chi connectivity index (χ2v) is 8.34. The first-order valence-corrected chi connectivity index (χ1v) is 10.1. The molecule has 3 aromatic rings. The molecule has 0 radical (unpaired) electrons. The number of hydrogen-bond acceptors (Lipinski definition) is 3. The van der Waals surface area contributed by atoms with Crippen molar-refractivity contribution in [2.45, 2.75) is 26.8 Å². The summed E-state index contributed by atoms with van der Waals surface area (Å²) >= 11 is 6.04. The second-order valence-electron chi connectivity index (χ2n) is 7.90. The van der Waals surface area contributed by atoms with E-state index in [1.807, 2.05) is 58.1 Å². The third kappa shape index (κ3) is 3.99. The number of halogens is 1. The number of nitrogens with one attached hydrogen (secondary N) is 1. The topological polar surface area (TPSA) is 49.6 Å². The molecule has 1 aliphatic heterocycles. The number of aromatic nitrogens is 2. The molecule has 0 saturated carbocycles. The lowest BCUT2D eigenvalue weighted by Crippen LogP contribution is -2.42. The maximum atomic E-state index is 13.2. The summed E-state index contributed by atoms with van der Waals surface area (Å²) < 4.78 is 1.91. The molecule has 1 aliphatic rings. The van der Waals surface area contributed by atoms with E-state index in [4.69, 9.17) is 11.6 Å². The molecule has 2 aromatic heterocycles. The van der Waals surface area contributed by atoms with Crippen molar-refractivity contribution in [3.05, 3.63) is 65.1 Å². The molecule has 4 rings (SSSR count). The van der Waals surface area contributed by atoms with Gasteiger partial charge in [0.1, 0.15) is 5.65 Å². The Labute approximate surface area is 170 Å². The number of anilines is 1. The van der Waals surface area contributed by atoms with E-state index in [0.717, 1.165) is 35.7 Å². The number of carbonyl (C=O) groups excluding carboxylic acids is 1. The van der Waals surface area contributed by atoms with Crippen molar-refractivity contribution in [1.82, 2.24) is 14.3 Å². The maximum absolute atomic E-state index is 13.2. The van der Waals surface area contributed by atoms with Crippen LogP contribution in [0.5, 0.6) is 0 Å². The van der Waals surface area contributed by atoms with Gasteiger partial charge in [-0.15, -0.1) is 0 Å². The van der Waals surface area contributed by atoms with Gasteiger partial charge in [0.25, 0.3) is 5.91 Å². The number of likely N-dealkylation sites (tertiary alicyclic amines) is 1. The summed E-state index contributed by atoms with van der Waals surface area (Å²) in [7, 11) is 0. The largest absolute Gasteiger partial charge is 0.379 e. The van der Waals surface area contributed by atoms with Crippen molar-refractivity contribution >= 4 is 28.8 Å². The number of nitrogens with zero attached hydrogens (tertiary/aromatic N) is 3. The third-order valence-electron chi connectivity index (χ3n) is 5.24. The molecule has 0 aliphatic carbocycles. The zero-order valence-corrected chi connectivity index (χ0v) is 17.0. The average Bonchev–Trinajstić information content (AvgIpc) is 3.07. The highest BCUT2D eigenvalue weighted by atomic mass is 35.5. The van der Waals surface area contributed by atoms with Gasteiger partial charge < -0.3 is 14.6 Å². The molecule has 5 nitrogen and oxygen atoms in total. The van der Waals surface area contributed by atoms with E-state index in [1.165, 1.54) is 6.42 Å². The fraction of sp³-hybridized carbons (Fsp3) is 0.364. The summed E-state index contributed by atoms with van der Waals surface area (Å²) in [6.07, 6.45) is 4.97. The van der Waals surface area contributed by atoms with Gasteiger partial charge in [-0.1, -0.05) is 37.6 Å². The molecule has 0 bridgehead atoms. The van der Waals surface area contributed by atoms with Crippen LogP contribution in [0.1, 0.15) is 36.3 Å². The summed E-state index contributed by atoms with van der Waals surface area (Å²) in [5, 5.41) is 4.06. The minimum Gasteiger partial charge on any atom is -0.379 e. The fourth-order valence-electron chi connectivity index (χ4n) is 4.11. The lowest BCUT2D eigenvalue weighted by Gasteiger charge is -2.35. The van der Waals surface area contributed by atoms with Gasteiger partial charge >= 0.3 is 0 Å². The van der Waals surface area contributed by atoms with Crippen LogP contribution in [0, 0.1) is 11.8 Å². The van der Waals surface area contributed by atoms with Crippen molar-refractivity contribution in [1.29, 1.82) is 0 Å². The Balaban J connectivity index is 1.51. The Kier molecular flexibility index (Phi) is 5.27. The number of piperidine rings is 1. The number of fused-ring (bicyclic) bond motifs is 1. The number of rotatable bonds is 4. The van der Waals surface area contributed by atoms with E-state index >= 15 is 0 Å². The minimum atomic E-state index is 0.100. The molecule has 146 valence electrons. The molecule has 1 fully saturated rings. The van der Waals surface area contributed by atoms with Gasteiger partial charge in [-0.25, -0.2) is 4.98 Å². The molecule has 1 saturated heterocycles. The average molecular weight is 397 g/mol. The summed E-state index contributed by atoms with van der Waals surface area (Å²) in [5.74, 6) is 1.18. The first-order chi connectivity index (χ1) is 13.5. The first kappa shape index (κ1) is 18.8. The van der Waals surface area contributed by atoms with E-state index in [2.05, 4.69) is 24.1 Å². The van der Waals surface area contributed by atoms with Crippen LogP contribution in [0.3, 0.4) is 0 Å². The van der Waals surface area contributed by atoms with Crippen molar-refractivity contribution < 1.29 is 4.79 Å². The zero-order valence-electron chi connectivity index (χ0n) is 16.2. The van der Waals surface area contributed by atoms with Gasteiger partial charge in [0.05, 0.1) is 22.8 Å². The Hall–Kier alpha value is -2.53.